The summed E-state index contributed by atoms with van der Waals surface area (Å²) >= 11 is 1.18. The summed E-state index contributed by atoms with van der Waals surface area (Å²) in [6, 6.07) is 18.9. The molecule has 0 unspecified atom stereocenters. The lowest BCUT2D eigenvalue weighted by atomic mass is 10.1. The number of hydrogen-bond acceptors (Lipinski definition) is 6. The molecule has 0 atom stereocenters. The molecule has 0 fully saturated rings. The van der Waals surface area contributed by atoms with Crippen molar-refractivity contribution < 1.29 is 14.3 Å². The predicted molar refractivity (Wildman–Crippen MR) is 120 cm³/mol. The molecule has 2 aromatic carbocycles. The van der Waals surface area contributed by atoms with Crippen LogP contribution in [0, 0.1) is 13.8 Å². The fourth-order valence-corrected chi connectivity index (χ4v) is 4.17. The van der Waals surface area contributed by atoms with E-state index in [1.54, 1.807) is 12.1 Å². The summed E-state index contributed by atoms with van der Waals surface area (Å²) in [6.07, 6.45) is 0. The Morgan fingerprint density at radius 2 is 1.73 bits per heavy atom. The molecule has 0 saturated carbocycles. The molecule has 0 radical (unpaired) electrons. The normalized spacial score (nSPS) is 10.9. The number of fused-ring (bicyclic) bond motifs is 1. The molecule has 0 saturated heterocycles. The molecule has 30 heavy (non-hydrogen) atoms. The summed E-state index contributed by atoms with van der Waals surface area (Å²) in [5, 5.41) is 0.717. The van der Waals surface area contributed by atoms with Gasteiger partial charge in [-0.1, -0.05) is 60.2 Å². The molecular formula is C24H20N2O3S. The fraction of sp³-hybridized carbons (Fsp3) is 0.125. The van der Waals surface area contributed by atoms with Gasteiger partial charge in [-0.05, 0) is 25.5 Å². The van der Waals surface area contributed by atoms with Crippen molar-refractivity contribution in [2.75, 3.05) is 12.3 Å². The maximum Gasteiger partial charge on any atom is 0.350 e. The van der Waals surface area contributed by atoms with E-state index >= 15 is 0 Å². The minimum Gasteiger partial charge on any atom is -0.453 e. The maximum atomic E-state index is 12.6. The molecule has 4 rings (SSSR count). The monoisotopic (exact) mass is 416 g/mol. The van der Waals surface area contributed by atoms with Gasteiger partial charge in [0.25, 0.3) is 0 Å². The molecular weight excluding hydrogens is 396 g/mol. The molecule has 2 aromatic heterocycles. The van der Waals surface area contributed by atoms with Crippen molar-refractivity contribution in [3.63, 3.8) is 0 Å². The van der Waals surface area contributed by atoms with Gasteiger partial charge in [0, 0.05) is 16.5 Å². The summed E-state index contributed by atoms with van der Waals surface area (Å²) < 4.78 is 5.24. The number of ether oxygens (including phenoxy) is 1. The number of nitrogens with two attached hydrogens (primary N) is 1. The lowest BCUT2D eigenvalue weighted by Crippen LogP contribution is -2.14. The SMILES string of the molecule is Cc1ccc(C(=O)COC(=O)c2sc3nc(-c4ccccc4)c(C)cc3c2N)cc1. The van der Waals surface area contributed by atoms with Crippen LogP contribution in [0.25, 0.3) is 21.5 Å². The predicted octanol–water partition coefficient (Wildman–Crippen LogP) is 5.20. The number of pyridine rings is 1. The van der Waals surface area contributed by atoms with Gasteiger partial charge >= 0.3 is 5.97 Å². The molecule has 0 aliphatic rings. The number of aromatic nitrogens is 1. The van der Waals surface area contributed by atoms with E-state index < -0.39 is 5.97 Å². The number of aryl methyl sites for hydroxylation is 2. The van der Waals surface area contributed by atoms with Gasteiger partial charge in [-0.15, -0.1) is 11.3 Å². The first-order valence-electron chi connectivity index (χ1n) is 9.46. The van der Waals surface area contributed by atoms with Crippen molar-refractivity contribution in [3.8, 4) is 11.3 Å². The first-order chi connectivity index (χ1) is 14.4. The first-order valence-corrected chi connectivity index (χ1v) is 10.3. The molecule has 0 aliphatic heterocycles. The summed E-state index contributed by atoms with van der Waals surface area (Å²) in [5.74, 6) is -0.877. The standard InChI is InChI=1S/C24H20N2O3S/c1-14-8-10-16(11-9-14)19(27)13-29-24(28)22-20(25)18-12-15(2)21(26-23(18)30-22)17-6-4-3-5-7-17/h3-12H,13,25H2,1-2H3. The van der Waals surface area contributed by atoms with Crippen LogP contribution < -0.4 is 5.73 Å². The minimum absolute atomic E-state index is 0.261. The van der Waals surface area contributed by atoms with Crippen molar-refractivity contribution in [2.24, 2.45) is 0 Å². The van der Waals surface area contributed by atoms with Gasteiger partial charge in [-0.2, -0.15) is 0 Å². The van der Waals surface area contributed by atoms with Crippen molar-refractivity contribution in [1.82, 2.24) is 4.98 Å². The zero-order valence-corrected chi connectivity index (χ0v) is 17.5. The fourth-order valence-electron chi connectivity index (χ4n) is 3.20. The van der Waals surface area contributed by atoms with Crippen molar-refractivity contribution in [1.29, 1.82) is 0 Å². The van der Waals surface area contributed by atoms with Gasteiger partial charge in [0.2, 0.25) is 0 Å². The van der Waals surface area contributed by atoms with E-state index in [0.717, 1.165) is 22.4 Å². The highest BCUT2D eigenvalue weighted by Crippen LogP contribution is 2.36. The maximum absolute atomic E-state index is 12.6. The number of rotatable bonds is 5. The molecule has 0 spiro atoms. The van der Waals surface area contributed by atoms with Crippen LogP contribution in [-0.2, 0) is 4.74 Å². The number of esters is 1. The van der Waals surface area contributed by atoms with Gasteiger partial charge in [-0.3, -0.25) is 4.79 Å². The third-order valence-corrected chi connectivity index (χ3v) is 5.95. The third-order valence-electron chi connectivity index (χ3n) is 4.85. The number of carbonyl (C=O) groups is 2. The largest absolute Gasteiger partial charge is 0.453 e. The van der Waals surface area contributed by atoms with E-state index in [2.05, 4.69) is 0 Å². The Morgan fingerprint density at radius 1 is 1.03 bits per heavy atom. The van der Waals surface area contributed by atoms with Gasteiger partial charge in [0.15, 0.2) is 12.4 Å². The third kappa shape index (κ3) is 3.82. The molecule has 0 aliphatic carbocycles. The van der Waals surface area contributed by atoms with E-state index in [9.17, 15) is 9.59 Å². The Bertz CT molecular complexity index is 1250. The Balaban J connectivity index is 1.58. The highest BCUT2D eigenvalue weighted by molar-refractivity contribution is 7.21. The highest BCUT2D eigenvalue weighted by atomic mass is 32.1. The number of nitrogen functional groups attached to an aromatic ring is 1. The number of Topliss-reactive ketones (excluding diaryl/α,β-unsaturated/α-hetero) is 1. The molecule has 5 nitrogen and oxygen atoms in total. The van der Waals surface area contributed by atoms with Gasteiger partial charge in [-0.25, -0.2) is 9.78 Å². The Labute approximate surface area is 178 Å². The van der Waals surface area contributed by atoms with Crippen LogP contribution in [0.4, 0.5) is 5.69 Å². The number of hydrogen-bond donors (Lipinski definition) is 1. The number of ketones is 1. The van der Waals surface area contributed by atoms with Gasteiger partial charge in [0.05, 0.1) is 11.4 Å². The van der Waals surface area contributed by atoms with Crippen molar-refractivity contribution in [2.45, 2.75) is 13.8 Å². The van der Waals surface area contributed by atoms with Crippen LogP contribution in [0.15, 0.2) is 60.7 Å². The number of thiophene rings is 1. The Hall–Kier alpha value is -3.51. The first kappa shape index (κ1) is 19.8. The van der Waals surface area contributed by atoms with Crippen LogP contribution in [0.1, 0.15) is 31.2 Å². The number of benzene rings is 2. The van der Waals surface area contributed by atoms with Crippen LogP contribution in [0.2, 0.25) is 0 Å². The number of nitrogens with zero attached hydrogens (tertiary/aromatic N) is 1. The van der Waals surface area contributed by atoms with E-state index in [1.807, 2.05) is 62.4 Å². The summed E-state index contributed by atoms with van der Waals surface area (Å²) in [5.41, 5.74) is 10.9. The molecule has 0 bridgehead atoms. The lowest BCUT2D eigenvalue weighted by molar-refractivity contribution is 0.0480. The van der Waals surface area contributed by atoms with Crippen molar-refractivity contribution in [3.05, 3.63) is 82.2 Å². The average molecular weight is 417 g/mol. The molecule has 6 heteroatoms. The molecule has 2 N–H and O–H groups in total. The molecule has 4 aromatic rings. The summed E-state index contributed by atoms with van der Waals surface area (Å²) in [4.78, 5) is 30.5. The van der Waals surface area contributed by atoms with E-state index in [4.69, 9.17) is 15.5 Å². The minimum atomic E-state index is -0.616. The van der Waals surface area contributed by atoms with E-state index in [0.29, 0.717) is 21.5 Å². The second-order valence-corrected chi connectivity index (χ2v) is 8.08. The Morgan fingerprint density at radius 3 is 2.43 bits per heavy atom. The molecule has 0 amide bonds. The smallest absolute Gasteiger partial charge is 0.350 e. The summed E-state index contributed by atoms with van der Waals surface area (Å²) in [6.45, 7) is 3.57. The second-order valence-electron chi connectivity index (χ2n) is 7.08. The van der Waals surface area contributed by atoms with Crippen LogP contribution in [0.5, 0.6) is 0 Å². The van der Waals surface area contributed by atoms with Crippen LogP contribution in [-0.4, -0.2) is 23.3 Å². The van der Waals surface area contributed by atoms with Crippen LogP contribution in [0.3, 0.4) is 0 Å². The molecule has 2 heterocycles. The average Bonchev–Trinajstić information content (AvgIpc) is 3.08. The molecule has 150 valence electrons. The topological polar surface area (TPSA) is 82.3 Å². The Kier molecular flexibility index (Phi) is 5.33. The zero-order chi connectivity index (χ0) is 21.3. The quantitative estimate of drug-likeness (QED) is 0.357. The highest BCUT2D eigenvalue weighted by Gasteiger charge is 2.21. The lowest BCUT2D eigenvalue weighted by Gasteiger charge is -2.05. The van der Waals surface area contributed by atoms with E-state index in [-0.39, 0.29) is 17.3 Å². The van der Waals surface area contributed by atoms with Gasteiger partial charge in [0.1, 0.15) is 9.71 Å². The second kappa shape index (κ2) is 8.08. The van der Waals surface area contributed by atoms with Gasteiger partial charge < -0.3 is 10.5 Å². The van der Waals surface area contributed by atoms with Crippen molar-refractivity contribution >= 4 is 39.0 Å². The zero-order valence-electron chi connectivity index (χ0n) is 16.6. The summed E-state index contributed by atoms with van der Waals surface area (Å²) in [7, 11) is 0. The number of anilines is 1. The van der Waals surface area contributed by atoms with E-state index in [1.165, 1.54) is 11.3 Å². The number of carbonyl (C=O) groups excluding carboxylic acids is 2. The van der Waals surface area contributed by atoms with Crippen LogP contribution >= 0.6 is 11.3 Å².